The standard InChI is InChI=1S/C16H27N5O2/c1-4-17-15(22)21-10-13-12(16(21,2)3)9-18-14(20-13)19-11-5-7-23-8-6-11/h9,11,13H,4-8,10H2,1-3H3,(H,17,22)(H2,18,19,20). The number of ether oxygens (including phenoxy) is 1. The Morgan fingerprint density at radius 3 is 2.91 bits per heavy atom. The molecule has 128 valence electrons. The first-order valence-corrected chi connectivity index (χ1v) is 8.47. The summed E-state index contributed by atoms with van der Waals surface area (Å²) in [6.07, 6.45) is 3.92. The number of guanidine groups is 1. The van der Waals surface area contributed by atoms with Crippen LogP contribution in [0.1, 0.15) is 33.6 Å². The Kier molecular flexibility index (Phi) is 4.48. The molecule has 3 aliphatic rings. The Morgan fingerprint density at radius 1 is 1.48 bits per heavy atom. The van der Waals surface area contributed by atoms with Gasteiger partial charge in [-0.2, -0.15) is 0 Å². The molecule has 1 unspecified atom stereocenters. The normalized spacial score (nSPS) is 26.7. The Morgan fingerprint density at radius 2 is 2.22 bits per heavy atom. The summed E-state index contributed by atoms with van der Waals surface area (Å²) in [6.45, 7) is 8.96. The molecule has 2 amide bonds. The predicted molar refractivity (Wildman–Crippen MR) is 89.3 cm³/mol. The number of aliphatic imine (C=N–C) groups is 1. The maximum absolute atomic E-state index is 12.3. The van der Waals surface area contributed by atoms with Crippen LogP contribution in [0.15, 0.2) is 16.8 Å². The van der Waals surface area contributed by atoms with E-state index in [0.717, 1.165) is 37.6 Å². The summed E-state index contributed by atoms with van der Waals surface area (Å²) in [6, 6.07) is 0.500. The van der Waals surface area contributed by atoms with Crippen molar-refractivity contribution in [1.82, 2.24) is 20.9 Å². The third-order valence-corrected chi connectivity index (χ3v) is 4.90. The van der Waals surface area contributed by atoms with Crippen molar-refractivity contribution < 1.29 is 9.53 Å². The molecular weight excluding hydrogens is 294 g/mol. The summed E-state index contributed by atoms with van der Waals surface area (Å²) in [5.74, 6) is 0.805. The highest BCUT2D eigenvalue weighted by atomic mass is 16.5. The molecule has 0 bridgehead atoms. The van der Waals surface area contributed by atoms with Crippen LogP contribution in [0.4, 0.5) is 4.79 Å². The number of hydrogen-bond acceptors (Lipinski definition) is 5. The average molecular weight is 321 g/mol. The topological polar surface area (TPSA) is 78.0 Å². The molecule has 0 radical (unpaired) electrons. The van der Waals surface area contributed by atoms with Crippen LogP contribution in [0.2, 0.25) is 0 Å². The van der Waals surface area contributed by atoms with Gasteiger partial charge < -0.3 is 25.6 Å². The van der Waals surface area contributed by atoms with Gasteiger partial charge in [-0.1, -0.05) is 0 Å². The fourth-order valence-electron chi connectivity index (χ4n) is 3.50. The van der Waals surface area contributed by atoms with E-state index in [1.165, 1.54) is 0 Å². The summed E-state index contributed by atoms with van der Waals surface area (Å²) in [5.41, 5.74) is 0.825. The number of nitrogens with one attached hydrogen (secondary N) is 3. The van der Waals surface area contributed by atoms with Crippen LogP contribution in [-0.2, 0) is 4.74 Å². The lowest BCUT2D eigenvalue weighted by Gasteiger charge is -2.32. The number of carbonyl (C=O) groups excluding carboxylic acids is 1. The average Bonchev–Trinajstić information content (AvgIpc) is 2.79. The van der Waals surface area contributed by atoms with Crippen LogP contribution in [0, 0.1) is 0 Å². The quantitative estimate of drug-likeness (QED) is 0.703. The minimum atomic E-state index is -0.329. The first-order chi connectivity index (χ1) is 11.0. The fraction of sp³-hybridized carbons (Fsp3) is 0.750. The van der Waals surface area contributed by atoms with E-state index in [2.05, 4.69) is 34.8 Å². The van der Waals surface area contributed by atoms with Gasteiger partial charge in [0.15, 0.2) is 5.96 Å². The molecular formula is C16H27N5O2. The van der Waals surface area contributed by atoms with E-state index in [9.17, 15) is 4.79 Å². The molecule has 7 heteroatoms. The SMILES string of the molecule is CCNC(=O)N1CC2NC(NC3CCOCC3)=NC=C2C1(C)C. The second kappa shape index (κ2) is 6.39. The molecule has 7 nitrogen and oxygen atoms in total. The molecule has 0 spiro atoms. The highest BCUT2D eigenvalue weighted by Gasteiger charge is 2.46. The van der Waals surface area contributed by atoms with Crippen molar-refractivity contribution in [1.29, 1.82) is 0 Å². The smallest absolute Gasteiger partial charge is 0.318 e. The molecule has 3 heterocycles. The minimum absolute atomic E-state index is 0.0199. The highest BCUT2D eigenvalue weighted by molar-refractivity contribution is 5.84. The number of nitrogens with zero attached hydrogens (tertiary/aromatic N) is 2. The third kappa shape index (κ3) is 3.15. The van der Waals surface area contributed by atoms with Gasteiger partial charge in [-0.25, -0.2) is 9.79 Å². The zero-order valence-corrected chi connectivity index (χ0v) is 14.2. The van der Waals surface area contributed by atoms with Crippen LogP contribution >= 0.6 is 0 Å². The summed E-state index contributed by atoms with van der Waals surface area (Å²) in [5, 5.41) is 9.81. The molecule has 2 saturated heterocycles. The van der Waals surface area contributed by atoms with Crippen LogP contribution in [0.5, 0.6) is 0 Å². The second-order valence-corrected chi connectivity index (χ2v) is 6.80. The Bertz CT molecular complexity index is 523. The zero-order chi connectivity index (χ0) is 16.4. The number of carbonyl (C=O) groups is 1. The van der Waals surface area contributed by atoms with Gasteiger partial charge in [0.25, 0.3) is 0 Å². The highest BCUT2D eigenvalue weighted by Crippen LogP contribution is 2.35. The number of rotatable bonds is 2. The number of likely N-dealkylation sites (tertiary alicyclic amines) is 1. The lowest BCUT2D eigenvalue weighted by atomic mass is 9.93. The van der Waals surface area contributed by atoms with E-state index in [0.29, 0.717) is 19.1 Å². The van der Waals surface area contributed by atoms with E-state index in [1.807, 2.05) is 18.0 Å². The summed E-state index contributed by atoms with van der Waals surface area (Å²) in [7, 11) is 0. The summed E-state index contributed by atoms with van der Waals surface area (Å²) in [4.78, 5) is 18.7. The van der Waals surface area contributed by atoms with Crippen molar-refractivity contribution in [2.24, 2.45) is 4.99 Å². The van der Waals surface area contributed by atoms with E-state index < -0.39 is 0 Å². The predicted octanol–water partition coefficient (Wildman–Crippen LogP) is 0.790. The van der Waals surface area contributed by atoms with Gasteiger partial charge in [-0.3, -0.25) is 0 Å². The summed E-state index contributed by atoms with van der Waals surface area (Å²) >= 11 is 0. The van der Waals surface area contributed by atoms with Gasteiger partial charge in [-0.15, -0.1) is 0 Å². The van der Waals surface area contributed by atoms with Crippen molar-refractivity contribution in [3.8, 4) is 0 Å². The first kappa shape index (κ1) is 16.1. The lowest BCUT2D eigenvalue weighted by Crippen LogP contribution is -2.51. The van der Waals surface area contributed by atoms with Crippen LogP contribution in [0.25, 0.3) is 0 Å². The Hall–Kier alpha value is -1.76. The molecule has 1 atom stereocenters. The lowest BCUT2D eigenvalue weighted by molar-refractivity contribution is 0.0822. The van der Waals surface area contributed by atoms with Crippen molar-refractivity contribution in [3.63, 3.8) is 0 Å². The zero-order valence-electron chi connectivity index (χ0n) is 14.2. The molecule has 0 aromatic heterocycles. The molecule has 0 aromatic rings. The van der Waals surface area contributed by atoms with Gasteiger partial charge in [0.1, 0.15) is 0 Å². The molecule has 0 aliphatic carbocycles. The largest absolute Gasteiger partial charge is 0.381 e. The second-order valence-electron chi connectivity index (χ2n) is 6.80. The number of amides is 2. The van der Waals surface area contributed by atoms with Crippen molar-refractivity contribution in [2.45, 2.75) is 51.2 Å². The molecule has 3 N–H and O–H groups in total. The Balaban J connectivity index is 1.68. The number of hydrogen-bond donors (Lipinski definition) is 3. The van der Waals surface area contributed by atoms with E-state index in [4.69, 9.17) is 4.74 Å². The van der Waals surface area contributed by atoms with Gasteiger partial charge >= 0.3 is 6.03 Å². The third-order valence-electron chi connectivity index (χ3n) is 4.90. The Labute approximate surface area is 137 Å². The number of fused-ring (bicyclic) bond motifs is 1. The van der Waals surface area contributed by atoms with Crippen LogP contribution in [-0.4, -0.2) is 60.8 Å². The molecule has 3 rings (SSSR count). The molecule has 2 fully saturated rings. The maximum Gasteiger partial charge on any atom is 0.318 e. The molecule has 3 aliphatic heterocycles. The van der Waals surface area contributed by atoms with E-state index >= 15 is 0 Å². The molecule has 0 saturated carbocycles. The molecule has 23 heavy (non-hydrogen) atoms. The van der Waals surface area contributed by atoms with E-state index in [1.54, 1.807) is 0 Å². The monoisotopic (exact) mass is 321 g/mol. The van der Waals surface area contributed by atoms with Crippen molar-refractivity contribution >= 4 is 12.0 Å². The maximum atomic E-state index is 12.3. The van der Waals surface area contributed by atoms with Gasteiger partial charge in [0.2, 0.25) is 0 Å². The van der Waals surface area contributed by atoms with E-state index in [-0.39, 0.29) is 17.6 Å². The fourth-order valence-corrected chi connectivity index (χ4v) is 3.50. The first-order valence-electron chi connectivity index (χ1n) is 8.47. The number of urea groups is 1. The van der Waals surface area contributed by atoms with Gasteiger partial charge in [0, 0.05) is 38.5 Å². The minimum Gasteiger partial charge on any atom is -0.381 e. The van der Waals surface area contributed by atoms with Gasteiger partial charge in [0.05, 0.1) is 11.6 Å². The summed E-state index contributed by atoms with van der Waals surface area (Å²) < 4.78 is 5.39. The van der Waals surface area contributed by atoms with Gasteiger partial charge in [-0.05, 0) is 39.2 Å². The van der Waals surface area contributed by atoms with Crippen molar-refractivity contribution in [2.75, 3.05) is 26.3 Å². The molecule has 0 aromatic carbocycles. The van der Waals surface area contributed by atoms with Crippen LogP contribution in [0.3, 0.4) is 0 Å². The van der Waals surface area contributed by atoms with Crippen LogP contribution < -0.4 is 16.0 Å². The van der Waals surface area contributed by atoms with Crippen molar-refractivity contribution in [3.05, 3.63) is 11.8 Å².